The summed E-state index contributed by atoms with van der Waals surface area (Å²) in [5.41, 5.74) is 7.00. The number of benzene rings is 2. The number of nitrogens with two attached hydrogens (primary N) is 1. The van der Waals surface area contributed by atoms with Gasteiger partial charge in [0.25, 0.3) is 0 Å². The molecular formula is C29H32FN5O4S2. The van der Waals surface area contributed by atoms with Crippen molar-refractivity contribution in [2.75, 3.05) is 23.0 Å². The molecule has 216 valence electrons. The molecule has 0 spiro atoms. The molecule has 4 aromatic rings. The second-order valence-corrected chi connectivity index (χ2v) is 12.5. The number of aromatic nitrogens is 2. The minimum Gasteiger partial charge on any atom is -0.494 e. The fourth-order valence-electron chi connectivity index (χ4n) is 3.58. The van der Waals surface area contributed by atoms with Gasteiger partial charge in [0, 0.05) is 11.8 Å². The van der Waals surface area contributed by atoms with Crippen molar-refractivity contribution in [1.82, 2.24) is 9.97 Å². The van der Waals surface area contributed by atoms with E-state index in [9.17, 15) is 14.0 Å². The van der Waals surface area contributed by atoms with E-state index in [1.807, 2.05) is 12.1 Å². The van der Waals surface area contributed by atoms with Gasteiger partial charge in [0.05, 0.1) is 46.8 Å². The van der Waals surface area contributed by atoms with E-state index in [1.165, 1.54) is 23.5 Å². The van der Waals surface area contributed by atoms with E-state index >= 15 is 0 Å². The highest BCUT2D eigenvalue weighted by atomic mass is 32.2. The Labute approximate surface area is 246 Å². The van der Waals surface area contributed by atoms with Gasteiger partial charge in [-0.05, 0) is 42.3 Å². The molecule has 2 aromatic heterocycles. The second kappa shape index (κ2) is 13.6. The van der Waals surface area contributed by atoms with Crippen molar-refractivity contribution in [2.45, 2.75) is 55.4 Å². The van der Waals surface area contributed by atoms with E-state index in [0.29, 0.717) is 41.2 Å². The maximum atomic E-state index is 13.1. The second-order valence-electron chi connectivity index (χ2n) is 10.2. The Morgan fingerprint density at radius 3 is 2.56 bits per heavy atom. The molecule has 4 rings (SSSR count). The summed E-state index contributed by atoms with van der Waals surface area (Å²) in [5, 5.41) is 6.04. The van der Waals surface area contributed by atoms with Crippen LogP contribution in [0.25, 0.3) is 0 Å². The van der Waals surface area contributed by atoms with Gasteiger partial charge in [-0.15, -0.1) is 11.8 Å². The first kappa shape index (κ1) is 30.1. The number of carbonyl (C=O) groups is 2. The monoisotopic (exact) mass is 597 g/mol. The zero-order chi connectivity index (χ0) is 29.4. The maximum absolute atomic E-state index is 13.1. The molecule has 12 heteroatoms. The number of hydrogen-bond acceptors (Lipinski definition) is 9. The molecule has 4 N–H and O–H groups in total. The van der Waals surface area contributed by atoms with E-state index in [0.717, 1.165) is 21.6 Å². The predicted molar refractivity (Wildman–Crippen MR) is 160 cm³/mol. The molecule has 0 fully saturated rings. The van der Waals surface area contributed by atoms with Crippen LogP contribution in [0.15, 0.2) is 63.5 Å². The van der Waals surface area contributed by atoms with E-state index < -0.39 is 5.82 Å². The average Bonchev–Trinajstić information content (AvgIpc) is 3.58. The van der Waals surface area contributed by atoms with Gasteiger partial charge in [0.15, 0.2) is 5.13 Å². The summed E-state index contributed by atoms with van der Waals surface area (Å²) in [4.78, 5) is 33.3. The summed E-state index contributed by atoms with van der Waals surface area (Å²) in [6, 6.07) is 11.0. The van der Waals surface area contributed by atoms with Crippen molar-refractivity contribution in [3.05, 3.63) is 77.9 Å². The molecule has 0 aliphatic heterocycles. The van der Waals surface area contributed by atoms with E-state index in [-0.39, 0.29) is 35.8 Å². The van der Waals surface area contributed by atoms with Gasteiger partial charge in [0.1, 0.15) is 17.3 Å². The van der Waals surface area contributed by atoms with Gasteiger partial charge in [-0.25, -0.2) is 14.4 Å². The Bertz CT molecular complexity index is 1480. The van der Waals surface area contributed by atoms with Crippen molar-refractivity contribution in [2.24, 2.45) is 0 Å². The van der Waals surface area contributed by atoms with E-state index in [1.54, 1.807) is 36.3 Å². The zero-order valence-electron chi connectivity index (χ0n) is 23.0. The quantitative estimate of drug-likeness (QED) is 0.0968. The number of thiazole rings is 1. The summed E-state index contributed by atoms with van der Waals surface area (Å²) in [6.45, 7) is 6.57. The molecule has 0 bridgehead atoms. The smallest absolute Gasteiger partial charge is 0.230 e. The van der Waals surface area contributed by atoms with Gasteiger partial charge in [-0.2, -0.15) is 0 Å². The van der Waals surface area contributed by atoms with Gasteiger partial charge < -0.3 is 25.5 Å². The molecule has 0 radical (unpaired) electrons. The fourth-order valence-corrected chi connectivity index (χ4v) is 5.32. The van der Waals surface area contributed by atoms with Crippen LogP contribution in [0.5, 0.6) is 5.75 Å². The Balaban J connectivity index is 1.15. The van der Waals surface area contributed by atoms with Crippen LogP contribution in [0.1, 0.15) is 50.8 Å². The third-order valence-electron chi connectivity index (χ3n) is 5.75. The molecule has 0 saturated heterocycles. The Hall–Kier alpha value is -3.90. The summed E-state index contributed by atoms with van der Waals surface area (Å²) in [7, 11) is 0. The first-order chi connectivity index (χ1) is 19.5. The molecule has 41 heavy (non-hydrogen) atoms. The largest absolute Gasteiger partial charge is 0.494 e. The molecule has 0 saturated carbocycles. The van der Waals surface area contributed by atoms with E-state index in [4.69, 9.17) is 14.9 Å². The molecule has 0 aliphatic rings. The number of nitrogens with zero attached hydrogens (tertiary/aromatic N) is 2. The topological polar surface area (TPSA) is 132 Å². The highest BCUT2D eigenvalue weighted by molar-refractivity contribution is 8.00. The van der Waals surface area contributed by atoms with Gasteiger partial charge in [0.2, 0.25) is 17.7 Å². The Morgan fingerprint density at radius 1 is 1.07 bits per heavy atom. The fraction of sp³-hybridized carbons (Fsp3) is 0.310. The third-order valence-corrected chi connectivity index (χ3v) is 7.85. The van der Waals surface area contributed by atoms with Crippen LogP contribution in [0.2, 0.25) is 0 Å². The number of thioether (sulfide) groups is 1. The standard InChI is InChI=1S/C29H32FN5O4S2/c1-29(2,3)23-15-32-26(39-23)17-40-27-16-33-28(41-27)35-25(37)13-18-6-9-20(10-7-18)38-12-4-5-24(36)34-22-11-8-19(30)14-21(22)31/h6-11,14-16H,4-5,12-13,17,31H2,1-3H3,(H,34,36)(H,33,35,37). The van der Waals surface area contributed by atoms with Crippen molar-refractivity contribution < 1.29 is 23.1 Å². The molecule has 2 aromatic carbocycles. The molecule has 0 aliphatic carbocycles. The number of oxazole rings is 1. The van der Waals surface area contributed by atoms with Crippen molar-refractivity contribution in [1.29, 1.82) is 0 Å². The van der Waals surface area contributed by atoms with Gasteiger partial charge in [-0.3, -0.25) is 9.59 Å². The van der Waals surface area contributed by atoms with Crippen LogP contribution in [0.3, 0.4) is 0 Å². The first-order valence-corrected chi connectivity index (χ1v) is 14.8. The zero-order valence-corrected chi connectivity index (χ0v) is 24.7. The highest BCUT2D eigenvalue weighted by Gasteiger charge is 2.19. The predicted octanol–water partition coefficient (Wildman–Crippen LogP) is 6.42. The number of ether oxygens (including phenoxy) is 1. The molecule has 0 atom stereocenters. The van der Waals surface area contributed by atoms with E-state index in [2.05, 4.69) is 41.4 Å². The lowest BCUT2D eigenvalue weighted by molar-refractivity contribution is -0.116. The summed E-state index contributed by atoms with van der Waals surface area (Å²) < 4.78 is 25.6. The normalized spacial score (nSPS) is 11.3. The number of amides is 2. The Morgan fingerprint density at radius 2 is 1.85 bits per heavy atom. The lowest BCUT2D eigenvalue weighted by atomic mass is 9.94. The van der Waals surface area contributed by atoms with Gasteiger partial charge >= 0.3 is 0 Å². The molecule has 0 unspecified atom stereocenters. The molecule has 2 amide bonds. The summed E-state index contributed by atoms with van der Waals surface area (Å²) in [5.74, 6) is 1.87. The SMILES string of the molecule is CC(C)(C)c1cnc(CSc2cnc(NC(=O)Cc3ccc(OCCCC(=O)Nc4ccc(F)cc4N)cc3)s2)o1. The number of carbonyl (C=O) groups excluding carboxylic acids is 2. The van der Waals surface area contributed by atoms with Crippen molar-refractivity contribution >= 4 is 51.4 Å². The maximum Gasteiger partial charge on any atom is 0.230 e. The minimum atomic E-state index is -0.460. The summed E-state index contributed by atoms with van der Waals surface area (Å²) >= 11 is 2.96. The average molecular weight is 598 g/mol. The van der Waals surface area contributed by atoms with Crippen LogP contribution >= 0.6 is 23.1 Å². The highest BCUT2D eigenvalue weighted by Crippen LogP contribution is 2.32. The Kier molecular flexibility index (Phi) is 10.0. The van der Waals surface area contributed by atoms with Crippen LogP contribution in [0, 0.1) is 5.82 Å². The first-order valence-electron chi connectivity index (χ1n) is 13.0. The number of anilines is 3. The lowest BCUT2D eigenvalue weighted by Crippen LogP contribution is -2.14. The van der Waals surface area contributed by atoms with Crippen LogP contribution < -0.4 is 21.1 Å². The lowest BCUT2D eigenvalue weighted by Gasteiger charge is -2.12. The molecule has 9 nitrogen and oxygen atoms in total. The minimum absolute atomic E-state index is 0.0885. The number of nitrogen functional groups attached to an aromatic ring is 1. The van der Waals surface area contributed by atoms with Crippen LogP contribution in [0.4, 0.5) is 20.9 Å². The number of nitrogens with one attached hydrogen (secondary N) is 2. The van der Waals surface area contributed by atoms with Crippen LogP contribution in [-0.2, 0) is 27.2 Å². The number of halogens is 1. The van der Waals surface area contributed by atoms with Crippen molar-refractivity contribution in [3.63, 3.8) is 0 Å². The van der Waals surface area contributed by atoms with Crippen molar-refractivity contribution in [3.8, 4) is 5.75 Å². The molecule has 2 heterocycles. The third kappa shape index (κ3) is 9.32. The summed E-state index contributed by atoms with van der Waals surface area (Å²) in [6.07, 6.45) is 4.41. The molecular weight excluding hydrogens is 565 g/mol. The van der Waals surface area contributed by atoms with Gasteiger partial charge in [-0.1, -0.05) is 44.2 Å². The number of rotatable bonds is 12. The van der Waals surface area contributed by atoms with Crippen LogP contribution in [-0.4, -0.2) is 28.4 Å². The number of hydrogen-bond donors (Lipinski definition) is 3.